The van der Waals surface area contributed by atoms with E-state index in [1.165, 1.54) is 30.7 Å². The molecule has 1 aromatic rings. The third kappa shape index (κ3) is 3.47. The minimum Gasteiger partial charge on any atom is -0.258 e. The smallest absolute Gasteiger partial charge is 0.258 e. The molecule has 0 heterocycles. The van der Waals surface area contributed by atoms with Gasteiger partial charge in [0.15, 0.2) is 0 Å². The van der Waals surface area contributed by atoms with Gasteiger partial charge in [-0.2, -0.15) is 17.7 Å². The molecule has 0 N–H and O–H groups in total. The summed E-state index contributed by atoms with van der Waals surface area (Å²) in [6.45, 7) is 0. The molecule has 0 aliphatic carbocycles. The molecule has 0 atom stereocenters. The van der Waals surface area contributed by atoms with Gasteiger partial charge in [0, 0.05) is 6.07 Å². The van der Waals surface area contributed by atoms with Crippen molar-refractivity contribution >= 4 is 5.69 Å². The number of rotatable bonds is 2. The summed E-state index contributed by atoms with van der Waals surface area (Å²) in [6, 6.07) is 7.62. The minimum atomic E-state index is -0.476. The van der Waals surface area contributed by atoms with Crippen molar-refractivity contribution in [3.63, 3.8) is 0 Å². The number of nitrogens with zero attached hydrogens (tertiary/aromatic N) is 2. The summed E-state index contributed by atoms with van der Waals surface area (Å²) in [4.78, 5) is 9.72. The Labute approximate surface area is 97.6 Å². The molecule has 5 heteroatoms. The fourth-order valence-electron chi connectivity index (χ4n) is 0.767. The fraction of sp³-hybridized carbons (Fsp3) is 0. The van der Waals surface area contributed by atoms with Crippen molar-refractivity contribution in [1.82, 2.24) is 0 Å². The zero-order valence-corrected chi connectivity index (χ0v) is 9.10. The van der Waals surface area contributed by atoms with Crippen molar-refractivity contribution in [2.75, 3.05) is 0 Å². The van der Waals surface area contributed by atoms with E-state index in [1.54, 1.807) is 0 Å². The first-order chi connectivity index (χ1) is 5.74. The maximum absolute atomic E-state index is 10.2. The molecule has 0 fully saturated rings. The quantitative estimate of drug-likeness (QED) is 0.247. The summed E-state index contributed by atoms with van der Waals surface area (Å²) in [7, 11) is 0. The van der Waals surface area contributed by atoms with Crippen LogP contribution in [-0.4, -0.2) is 4.92 Å². The number of nitriles is 1. The SMILES string of the molecule is N#C[CH-]c1ccc([N+](=O)[O-])cc1.[Na+]. The van der Waals surface area contributed by atoms with E-state index in [9.17, 15) is 10.1 Å². The summed E-state index contributed by atoms with van der Waals surface area (Å²) in [6.07, 6.45) is 1.32. The van der Waals surface area contributed by atoms with Crippen molar-refractivity contribution in [2.45, 2.75) is 0 Å². The summed E-state index contributed by atoms with van der Waals surface area (Å²) in [5, 5.41) is 18.5. The number of nitro benzene ring substituents is 1. The molecule has 0 spiro atoms. The molecule has 0 aliphatic heterocycles. The Kier molecular flexibility index (Phi) is 5.16. The Balaban J connectivity index is 0.00000144. The second-order valence-corrected chi connectivity index (χ2v) is 2.12. The van der Waals surface area contributed by atoms with E-state index in [1.807, 2.05) is 6.07 Å². The Morgan fingerprint density at radius 1 is 1.38 bits per heavy atom. The van der Waals surface area contributed by atoms with Gasteiger partial charge in [-0.3, -0.25) is 10.1 Å². The predicted molar refractivity (Wildman–Crippen MR) is 42.1 cm³/mol. The van der Waals surface area contributed by atoms with Crippen LogP contribution in [-0.2, 0) is 0 Å². The van der Waals surface area contributed by atoms with Crippen molar-refractivity contribution in [3.05, 3.63) is 46.4 Å². The third-order valence-electron chi connectivity index (χ3n) is 1.34. The van der Waals surface area contributed by atoms with Gasteiger partial charge in [-0.1, -0.05) is 6.42 Å². The first-order valence-electron chi connectivity index (χ1n) is 3.21. The molecular formula is C8H5N2NaO2. The predicted octanol–water partition coefficient (Wildman–Crippen LogP) is -1.33. The van der Waals surface area contributed by atoms with Crippen LogP contribution in [0.3, 0.4) is 0 Å². The molecule has 0 aromatic heterocycles. The zero-order valence-electron chi connectivity index (χ0n) is 7.10. The van der Waals surface area contributed by atoms with Crippen LogP contribution in [0, 0.1) is 27.9 Å². The average molecular weight is 184 g/mol. The van der Waals surface area contributed by atoms with E-state index < -0.39 is 4.92 Å². The summed E-state index contributed by atoms with van der Waals surface area (Å²) >= 11 is 0. The Morgan fingerprint density at radius 2 is 1.92 bits per heavy atom. The van der Waals surface area contributed by atoms with Crippen LogP contribution in [0.4, 0.5) is 5.69 Å². The minimum absolute atomic E-state index is 0. The van der Waals surface area contributed by atoms with Crippen LogP contribution in [0.2, 0.25) is 0 Å². The van der Waals surface area contributed by atoms with Gasteiger partial charge in [0.25, 0.3) is 0 Å². The van der Waals surface area contributed by atoms with E-state index in [4.69, 9.17) is 5.26 Å². The number of benzene rings is 1. The molecule has 0 unspecified atom stereocenters. The molecule has 1 rings (SSSR count). The third-order valence-corrected chi connectivity index (χ3v) is 1.34. The van der Waals surface area contributed by atoms with Crippen molar-refractivity contribution in [2.24, 2.45) is 0 Å². The number of nitro groups is 1. The summed E-state index contributed by atoms with van der Waals surface area (Å²) in [5.41, 5.74) is 0.702. The molecule has 0 amide bonds. The molecule has 0 saturated heterocycles. The van der Waals surface area contributed by atoms with E-state index in [2.05, 4.69) is 0 Å². The van der Waals surface area contributed by atoms with Crippen LogP contribution in [0.15, 0.2) is 24.3 Å². The molecule has 13 heavy (non-hydrogen) atoms. The fourth-order valence-corrected chi connectivity index (χ4v) is 0.767. The summed E-state index contributed by atoms with van der Waals surface area (Å²) in [5.74, 6) is 0. The zero-order chi connectivity index (χ0) is 8.97. The van der Waals surface area contributed by atoms with E-state index in [0.717, 1.165) is 0 Å². The number of hydrogen-bond acceptors (Lipinski definition) is 3. The van der Waals surface area contributed by atoms with E-state index in [-0.39, 0.29) is 35.2 Å². The van der Waals surface area contributed by atoms with Gasteiger partial charge in [0.1, 0.15) is 0 Å². The van der Waals surface area contributed by atoms with Gasteiger partial charge in [-0.05, 0) is 12.1 Å². The van der Waals surface area contributed by atoms with Gasteiger partial charge in [-0.25, -0.2) is 5.26 Å². The van der Waals surface area contributed by atoms with Gasteiger partial charge >= 0.3 is 29.6 Å². The first-order valence-corrected chi connectivity index (χ1v) is 3.21. The molecule has 4 nitrogen and oxygen atoms in total. The Morgan fingerprint density at radius 3 is 2.31 bits per heavy atom. The molecule has 1 aromatic carbocycles. The second-order valence-electron chi connectivity index (χ2n) is 2.12. The monoisotopic (exact) mass is 184 g/mol. The molecule has 60 valence electrons. The normalized spacial score (nSPS) is 7.92. The number of hydrogen-bond donors (Lipinski definition) is 0. The summed E-state index contributed by atoms with van der Waals surface area (Å²) < 4.78 is 0. The average Bonchev–Trinajstić information content (AvgIpc) is 2.06. The maximum Gasteiger partial charge on any atom is 1.00 e. The van der Waals surface area contributed by atoms with Gasteiger partial charge in [0.05, 0.1) is 4.92 Å². The Bertz CT molecular complexity index is 329. The Hall–Kier alpha value is -1.02. The van der Waals surface area contributed by atoms with Gasteiger partial charge in [-0.15, -0.1) is 0 Å². The van der Waals surface area contributed by atoms with Crippen LogP contribution < -0.4 is 29.6 Å². The standard InChI is InChI=1S/C8H5N2O2.Na/c9-6-5-7-1-3-8(4-2-7)10(11)12;/h1-5H;/q-1;+1. The van der Waals surface area contributed by atoms with E-state index >= 15 is 0 Å². The molecule has 0 bridgehead atoms. The van der Waals surface area contributed by atoms with Crippen molar-refractivity contribution in [3.8, 4) is 6.07 Å². The van der Waals surface area contributed by atoms with Crippen LogP contribution in [0.5, 0.6) is 0 Å². The number of non-ortho nitro benzene ring substituents is 1. The van der Waals surface area contributed by atoms with Crippen LogP contribution in [0.1, 0.15) is 5.56 Å². The largest absolute Gasteiger partial charge is 1.00 e. The van der Waals surface area contributed by atoms with E-state index in [0.29, 0.717) is 5.56 Å². The van der Waals surface area contributed by atoms with Crippen molar-refractivity contribution < 1.29 is 34.5 Å². The molecule has 0 saturated carbocycles. The van der Waals surface area contributed by atoms with Crippen LogP contribution in [0.25, 0.3) is 0 Å². The topological polar surface area (TPSA) is 66.9 Å². The molecule has 0 radical (unpaired) electrons. The molecule has 0 aliphatic rings. The van der Waals surface area contributed by atoms with Crippen LogP contribution >= 0.6 is 0 Å². The first kappa shape index (κ1) is 12.0. The van der Waals surface area contributed by atoms with Crippen molar-refractivity contribution in [1.29, 1.82) is 5.26 Å². The van der Waals surface area contributed by atoms with Gasteiger partial charge < -0.3 is 0 Å². The molecular weight excluding hydrogens is 179 g/mol. The maximum atomic E-state index is 10.2. The van der Waals surface area contributed by atoms with Gasteiger partial charge in [0.2, 0.25) is 5.69 Å². The second kappa shape index (κ2) is 5.60.